The lowest BCUT2D eigenvalue weighted by molar-refractivity contribution is 0.775. The first-order valence-corrected chi connectivity index (χ1v) is 2.49. The van der Waals surface area contributed by atoms with Crippen LogP contribution in [-0.4, -0.2) is 7.28 Å². The van der Waals surface area contributed by atoms with Crippen LogP contribution in [-0.2, 0) is 0 Å². The number of hydrogen-bond acceptors (Lipinski definition) is 0. The fourth-order valence-corrected chi connectivity index (χ4v) is 0.596. The number of hydrogen-bond donors (Lipinski definition) is 0. The van der Waals surface area contributed by atoms with Crippen molar-refractivity contribution in [1.82, 2.24) is 0 Å². The molecule has 0 aliphatic carbocycles. The SMILES string of the molecule is CC1[B]C1(C)C. The quantitative estimate of drug-likeness (QED) is 0.389. The molecule has 0 N–H and O–H groups in total. The third kappa shape index (κ3) is 0.465. The molecule has 1 aliphatic rings. The van der Waals surface area contributed by atoms with Gasteiger partial charge in [-0.25, -0.2) is 0 Å². The van der Waals surface area contributed by atoms with Gasteiger partial charge >= 0.3 is 0 Å². The molecule has 1 saturated heterocycles. The minimum atomic E-state index is 0.583. The highest BCUT2D eigenvalue weighted by Crippen LogP contribution is 2.54. The Kier molecular flexibility index (Phi) is 0.582. The largest absolute Gasteiger partial charge is 0.120 e. The zero-order valence-corrected chi connectivity index (χ0v) is 4.65. The van der Waals surface area contributed by atoms with E-state index in [-0.39, 0.29) is 0 Å². The Balaban J connectivity index is 2.41. The highest BCUT2D eigenvalue weighted by molar-refractivity contribution is 6.56. The Morgan fingerprint density at radius 2 is 1.67 bits per heavy atom. The summed E-state index contributed by atoms with van der Waals surface area (Å²) in [6.45, 7) is 6.77. The van der Waals surface area contributed by atoms with E-state index >= 15 is 0 Å². The highest BCUT2D eigenvalue weighted by atomic mass is 14.3. The zero-order valence-electron chi connectivity index (χ0n) is 4.65. The van der Waals surface area contributed by atoms with Crippen molar-refractivity contribution in [2.45, 2.75) is 31.9 Å². The Morgan fingerprint density at radius 1 is 1.50 bits per heavy atom. The molecule has 1 atom stereocenters. The molecule has 1 aliphatic heterocycles. The van der Waals surface area contributed by atoms with Gasteiger partial charge in [-0.05, 0) is 0 Å². The summed E-state index contributed by atoms with van der Waals surface area (Å²) in [6, 6.07) is 0. The van der Waals surface area contributed by atoms with Crippen LogP contribution < -0.4 is 0 Å². The molecule has 0 bridgehead atoms. The van der Waals surface area contributed by atoms with Crippen LogP contribution in [0.3, 0.4) is 0 Å². The standard InChI is InChI=1S/C5H10B/c1-4-5(2,3)6-4/h4H,1-3H3. The van der Waals surface area contributed by atoms with Gasteiger partial charge in [0.1, 0.15) is 7.28 Å². The summed E-state index contributed by atoms with van der Waals surface area (Å²) in [5.41, 5.74) is 0. The average molecular weight is 80.9 g/mol. The van der Waals surface area contributed by atoms with Gasteiger partial charge in [0.2, 0.25) is 0 Å². The maximum atomic E-state index is 2.35. The molecule has 1 fully saturated rings. The van der Waals surface area contributed by atoms with E-state index < -0.39 is 0 Å². The van der Waals surface area contributed by atoms with Gasteiger partial charge < -0.3 is 0 Å². The third-order valence-corrected chi connectivity index (χ3v) is 1.74. The van der Waals surface area contributed by atoms with Crippen LogP contribution in [0.15, 0.2) is 0 Å². The third-order valence-electron chi connectivity index (χ3n) is 1.74. The predicted octanol–water partition coefficient (Wildman–Crippen LogP) is 1.71. The Hall–Kier alpha value is 0.0649. The van der Waals surface area contributed by atoms with E-state index in [4.69, 9.17) is 0 Å². The molecule has 1 radical (unpaired) electrons. The molecule has 0 aromatic carbocycles. The van der Waals surface area contributed by atoms with Crippen LogP contribution >= 0.6 is 0 Å². The first-order chi connectivity index (χ1) is 2.63. The van der Waals surface area contributed by atoms with Crippen LogP contribution in [0.1, 0.15) is 20.8 Å². The molecule has 0 saturated carbocycles. The van der Waals surface area contributed by atoms with Gasteiger partial charge in [0, 0.05) is 0 Å². The van der Waals surface area contributed by atoms with Gasteiger partial charge in [-0.15, -0.1) is 0 Å². The Labute approximate surface area is 40.2 Å². The van der Waals surface area contributed by atoms with E-state index in [1.807, 2.05) is 0 Å². The molecule has 33 valence electrons. The minimum absolute atomic E-state index is 0.583. The maximum Gasteiger partial charge on any atom is 0.120 e. The lowest BCUT2D eigenvalue weighted by atomic mass is 9.92. The van der Waals surface area contributed by atoms with Crippen LogP contribution in [0.5, 0.6) is 0 Å². The summed E-state index contributed by atoms with van der Waals surface area (Å²) in [7, 11) is 2.35. The Bertz CT molecular complexity index is 66.3. The van der Waals surface area contributed by atoms with Crippen LogP contribution in [0.25, 0.3) is 0 Å². The van der Waals surface area contributed by atoms with Crippen LogP contribution in [0.2, 0.25) is 11.1 Å². The van der Waals surface area contributed by atoms with E-state index in [1.54, 1.807) is 0 Å². The van der Waals surface area contributed by atoms with Gasteiger partial charge in [-0.2, -0.15) is 0 Å². The van der Waals surface area contributed by atoms with Crippen LogP contribution in [0, 0.1) is 0 Å². The zero-order chi connectivity index (χ0) is 4.78. The molecular weight excluding hydrogens is 70.9 g/mol. The molecule has 1 heteroatoms. The van der Waals surface area contributed by atoms with Crippen molar-refractivity contribution in [1.29, 1.82) is 0 Å². The molecule has 0 spiro atoms. The van der Waals surface area contributed by atoms with E-state index in [0.717, 1.165) is 5.82 Å². The lowest BCUT2D eigenvalue weighted by Gasteiger charge is -1.94. The van der Waals surface area contributed by atoms with Gasteiger partial charge in [0.25, 0.3) is 0 Å². The predicted molar refractivity (Wildman–Crippen MR) is 29.2 cm³/mol. The van der Waals surface area contributed by atoms with E-state index in [9.17, 15) is 0 Å². The fraction of sp³-hybridized carbons (Fsp3) is 1.00. The summed E-state index contributed by atoms with van der Waals surface area (Å²) in [5.74, 6) is 0.873. The number of rotatable bonds is 0. The molecule has 0 aromatic heterocycles. The van der Waals surface area contributed by atoms with Crippen molar-refractivity contribution in [3.63, 3.8) is 0 Å². The van der Waals surface area contributed by atoms with Crippen molar-refractivity contribution in [2.75, 3.05) is 0 Å². The van der Waals surface area contributed by atoms with Gasteiger partial charge in [-0.1, -0.05) is 31.9 Å². The summed E-state index contributed by atoms with van der Waals surface area (Å²) in [4.78, 5) is 0. The van der Waals surface area contributed by atoms with E-state index in [2.05, 4.69) is 28.1 Å². The minimum Gasteiger partial charge on any atom is -0.0730 e. The normalized spacial score (nSPS) is 38.2. The molecular formula is C5H10B. The van der Waals surface area contributed by atoms with Crippen molar-refractivity contribution in [2.24, 2.45) is 0 Å². The van der Waals surface area contributed by atoms with E-state index in [0.29, 0.717) is 5.31 Å². The van der Waals surface area contributed by atoms with Gasteiger partial charge in [-0.3, -0.25) is 0 Å². The molecule has 0 amide bonds. The molecule has 1 rings (SSSR count). The Morgan fingerprint density at radius 3 is 1.67 bits per heavy atom. The van der Waals surface area contributed by atoms with Gasteiger partial charge in [0.05, 0.1) is 0 Å². The molecule has 1 unspecified atom stereocenters. The second kappa shape index (κ2) is 0.826. The van der Waals surface area contributed by atoms with Crippen LogP contribution in [0.4, 0.5) is 0 Å². The van der Waals surface area contributed by atoms with Crippen molar-refractivity contribution in [3.8, 4) is 0 Å². The summed E-state index contributed by atoms with van der Waals surface area (Å²) in [6.07, 6.45) is 0. The first-order valence-electron chi connectivity index (χ1n) is 2.49. The topological polar surface area (TPSA) is 0 Å². The van der Waals surface area contributed by atoms with Crippen molar-refractivity contribution < 1.29 is 0 Å². The van der Waals surface area contributed by atoms with Crippen molar-refractivity contribution in [3.05, 3.63) is 0 Å². The fourth-order valence-electron chi connectivity index (χ4n) is 0.596. The maximum absolute atomic E-state index is 2.35. The molecule has 0 aromatic rings. The second-order valence-corrected chi connectivity index (χ2v) is 2.78. The van der Waals surface area contributed by atoms with Crippen molar-refractivity contribution >= 4 is 7.28 Å². The van der Waals surface area contributed by atoms with E-state index in [1.165, 1.54) is 0 Å². The molecule has 1 heterocycles. The summed E-state index contributed by atoms with van der Waals surface area (Å²) in [5, 5.41) is 0.583. The second-order valence-electron chi connectivity index (χ2n) is 2.78. The molecule has 0 nitrogen and oxygen atoms in total. The lowest BCUT2D eigenvalue weighted by Crippen LogP contribution is -1.71. The summed E-state index contributed by atoms with van der Waals surface area (Å²) >= 11 is 0. The average Bonchev–Trinajstić information content (AvgIpc) is 1.73. The smallest absolute Gasteiger partial charge is 0.0730 e. The highest BCUT2D eigenvalue weighted by Gasteiger charge is 2.42. The summed E-state index contributed by atoms with van der Waals surface area (Å²) < 4.78 is 0. The first kappa shape index (κ1) is 4.23. The molecule has 6 heavy (non-hydrogen) atoms. The van der Waals surface area contributed by atoms with Gasteiger partial charge in [0.15, 0.2) is 0 Å². The monoisotopic (exact) mass is 81.1 g/mol.